The molecule has 2 aliphatic heterocycles. The van der Waals surface area contributed by atoms with Gasteiger partial charge < -0.3 is 10.6 Å². The molecule has 0 radical (unpaired) electrons. The molecule has 1 unspecified atom stereocenters. The van der Waals surface area contributed by atoms with E-state index in [4.69, 9.17) is 0 Å². The summed E-state index contributed by atoms with van der Waals surface area (Å²) in [5.41, 5.74) is -0.957. The number of urea groups is 1. The molecular formula is C15H18N4O4. The first kappa shape index (κ1) is 15.4. The monoisotopic (exact) mass is 318 g/mol. The van der Waals surface area contributed by atoms with Crippen LogP contribution in [0.25, 0.3) is 0 Å². The maximum Gasteiger partial charge on any atom is 0.325 e. The van der Waals surface area contributed by atoms with Crippen LogP contribution < -0.4 is 10.6 Å². The number of amides is 3. The zero-order chi connectivity index (χ0) is 16.6. The molecule has 2 saturated heterocycles. The highest BCUT2D eigenvalue weighted by atomic mass is 16.6. The maximum absolute atomic E-state index is 12.9. The molecule has 1 atom stereocenters. The van der Waals surface area contributed by atoms with Crippen molar-refractivity contribution in [1.29, 1.82) is 0 Å². The molecule has 122 valence electrons. The van der Waals surface area contributed by atoms with Gasteiger partial charge in [0.05, 0.1) is 4.92 Å². The van der Waals surface area contributed by atoms with Gasteiger partial charge in [-0.1, -0.05) is 12.1 Å². The van der Waals surface area contributed by atoms with Crippen molar-refractivity contribution >= 4 is 17.6 Å². The average molecular weight is 318 g/mol. The van der Waals surface area contributed by atoms with Crippen LogP contribution in [0.3, 0.4) is 0 Å². The van der Waals surface area contributed by atoms with E-state index in [1.807, 2.05) is 0 Å². The second-order valence-electron chi connectivity index (χ2n) is 6.02. The molecule has 0 bridgehead atoms. The van der Waals surface area contributed by atoms with Crippen LogP contribution in [-0.2, 0) is 10.3 Å². The summed E-state index contributed by atoms with van der Waals surface area (Å²) in [6.45, 7) is 3.11. The molecule has 3 amide bonds. The van der Waals surface area contributed by atoms with Gasteiger partial charge in [-0.15, -0.1) is 0 Å². The summed E-state index contributed by atoms with van der Waals surface area (Å²) in [6.07, 6.45) is 1.42. The van der Waals surface area contributed by atoms with E-state index < -0.39 is 16.5 Å². The van der Waals surface area contributed by atoms with Gasteiger partial charge in [0.2, 0.25) is 0 Å². The Morgan fingerprint density at radius 3 is 2.65 bits per heavy atom. The lowest BCUT2D eigenvalue weighted by Crippen LogP contribution is -2.47. The minimum atomic E-state index is -1.27. The Morgan fingerprint density at radius 1 is 1.30 bits per heavy atom. The molecule has 2 N–H and O–H groups in total. The minimum absolute atomic E-state index is 0.105. The van der Waals surface area contributed by atoms with E-state index in [1.54, 1.807) is 13.0 Å². The van der Waals surface area contributed by atoms with Crippen LogP contribution >= 0.6 is 0 Å². The molecule has 2 heterocycles. The van der Waals surface area contributed by atoms with Crippen molar-refractivity contribution in [3.63, 3.8) is 0 Å². The average Bonchev–Trinajstić information content (AvgIpc) is 2.79. The molecule has 3 rings (SSSR count). The van der Waals surface area contributed by atoms with Crippen LogP contribution in [0.5, 0.6) is 0 Å². The number of imide groups is 1. The summed E-state index contributed by atoms with van der Waals surface area (Å²) in [5.74, 6) is -0.352. The van der Waals surface area contributed by atoms with Gasteiger partial charge in [-0.25, -0.2) is 4.79 Å². The maximum atomic E-state index is 12.9. The van der Waals surface area contributed by atoms with Crippen LogP contribution in [0.4, 0.5) is 10.5 Å². The molecule has 2 fully saturated rings. The molecule has 0 spiro atoms. The second-order valence-corrected chi connectivity index (χ2v) is 6.02. The first-order valence-corrected chi connectivity index (χ1v) is 7.55. The number of non-ortho nitro benzene ring substituents is 1. The zero-order valence-corrected chi connectivity index (χ0v) is 12.7. The van der Waals surface area contributed by atoms with Crippen molar-refractivity contribution in [2.75, 3.05) is 13.1 Å². The van der Waals surface area contributed by atoms with Gasteiger partial charge in [-0.05, 0) is 38.4 Å². The van der Waals surface area contributed by atoms with Crippen LogP contribution in [0.1, 0.15) is 25.3 Å². The SMILES string of the molecule is CC1(c2cccc([N+](=O)[O-])c2)NC(=O)N(C2CCNCC2)C1=O. The highest BCUT2D eigenvalue weighted by molar-refractivity contribution is 6.07. The number of piperidine rings is 1. The normalized spacial score (nSPS) is 25.5. The summed E-state index contributed by atoms with van der Waals surface area (Å²) in [5, 5.41) is 16.8. The molecule has 23 heavy (non-hydrogen) atoms. The number of nitrogens with one attached hydrogen (secondary N) is 2. The number of nitro benzene ring substituents is 1. The minimum Gasteiger partial charge on any atom is -0.319 e. The Bertz CT molecular complexity index is 671. The summed E-state index contributed by atoms with van der Waals surface area (Å²) in [6, 6.07) is 5.27. The van der Waals surface area contributed by atoms with Crippen LogP contribution in [-0.4, -0.2) is 40.9 Å². The van der Waals surface area contributed by atoms with Gasteiger partial charge in [0.25, 0.3) is 11.6 Å². The smallest absolute Gasteiger partial charge is 0.319 e. The summed E-state index contributed by atoms with van der Waals surface area (Å²) in [7, 11) is 0. The predicted molar refractivity (Wildman–Crippen MR) is 81.7 cm³/mol. The van der Waals surface area contributed by atoms with E-state index in [1.165, 1.54) is 23.1 Å². The number of hydrogen-bond donors (Lipinski definition) is 2. The van der Waals surface area contributed by atoms with E-state index in [-0.39, 0.29) is 17.6 Å². The fourth-order valence-corrected chi connectivity index (χ4v) is 3.18. The van der Waals surface area contributed by atoms with Gasteiger partial charge in [-0.3, -0.25) is 19.8 Å². The Morgan fingerprint density at radius 2 is 2.00 bits per heavy atom. The van der Waals surface area contributed by atoms with Gasteiger partial charge in [0.1, 0.15) is 5.54 Å². The van der Waals surface area contributed by atoms with Crippen LogP contribution in [0.15, 0.2) is 24.3 Å². The molecule has 8 heteroatoms. The van der Waals surface area contributed by atoms with Gasteiger partial charge in [-0.2, -0.15) is 0 Å². The number of hydrogen-bond acceptors (Lipinski definition) is 5. The van der Waals surface area contributed by atoms with E-state index in [9.17, 15) is 19.7 Å². The molecule has 2 aliphatic rings. The van der Waals surface area contributed by atoms with Crippen molar-refractivity contribution < 1.29 is 14.5 Å². The molecule has 1 aromatic carbocycles. The Hall–Kier alpha value is -2.48. The van der Waals surface area contributed by atoms with Crippen molar-refractivity contribution in [1.82, 2.24) is 15.5 Å². The fourth-order valence-electron chi connectivity index (χ4n) is 3.18. The first-order valence-electron chi connectivity index (χ1n) is 7.55. The predicted octanol–water partition coefficient (Wildman–Crippen LogP) is 1.11. The number of nitro groups is 1. The van der Waals surface area contributed by atoms with Gasteiger partial charge in [0.15, 0.2) is 0 Å². The van der Waals surface area contributed by atoms with Crippen molar-refractivity contribution in [2.24, 2.45) is 0 Å². The summed E-state index contributed by atoms with van der Waals surface area (Å²) in [4.78, 5) is 36.9. The number of carbonyl (C=O) groups is 2. The Balaban J connectivity index is 1.93. The lowest BCUT2D eigenvalue weighted by atomic mass is 9.91. The molecular weight excluding hydrogens is 300 g/mol. The molecule has 0 saturated carbocycles. The van der Waals surface area contributed by atoms with Gasteiger partial charge in [0, 0.05) is 18.2 Å². The van der Waals surface area contributed by atoms with Gasteiger partial charge >= 0.3 is 6.03 Å². The molecule has 0 aromatic heterocycles. The number of benzene rings is 1. The van der Waals surface area contributed by atoms with Crippen LogP contribution in [0.2, 0.25) is 0 Å². The quantitative estimate of drug-likeness (QED) is 0.493. The van der Waals surface area contributed by atoms with E-state index in [0.717, 1.165) is 13.1 Å². The highest BCUT2D eigenvalue weighted by Gasteiger charge is 2.51. The van der Waals surface area contributed by atoms with E-state index >= 15 is 0 Å². The summed E-state index contributed by atoms with van der Waals surface area (Å²) < 4.78 is 0. The fraction of sp³-hybridized carbons (Fsp3) is 0.467. The standard InChI is InChI=1S/C15H18N4O4/c1-15(10-3-2-4-12(9-10)19(22)23)13(20)18(14(21)17-15)11-5-7-16-8-6-11/h2-4,9,11,16H,5-8H2,1H3,(H,17,21). The topological polar surface area (TPSA) is 105 Å². The number of rotatable bonds is 3. The lowest BCUT2D eigenvalue weighted by molar-refractivity contribution is -0.385. The third kappa shape index (κ3) is 2.55. The van der Waals surface area contributed by atoms with Crippen molar-refractivity contribution in [3.8, 4) is 0 Å². The Kier molecular flexibility index (Phi) is 3.77. The van der Waals surface area contributed by atoms with Crippen molar-refractivity contribution in [3.05, 3.63) is 39.9 Å². The van der Waals surface area contributed by atoms with Crippen molar-refractivity contribution in [2.45, 2.75) is 31.3 Å². The van der Waals surface area contributed by atoms with Crippen LogP contribution in [0, 0.1) is 10.1 Å². The third-order valence-corrected chi connectivity index (χ3v) is 4.53. The molecule has 0 aliphatic carbocycles. The molecule has 8 nitrogen and oxygen atoms in total. The first-order chi connectivity index (χ1) is 10.9. The van der Waals surface area contributed by atoms with E-state index in [2.05, 4.69) is 10.6 Å². The highest BCUT2D eigenvalue weighted by Crippen LogP contribution is 2.33. The summed E-state index contributed by atoms with van der Waals surface area (Å²) >= 11 is 0. The largest absolute Gasteiger partial charge is 0.325 e. The third-order valence-electron chi connectivity index (χ3n) is 4.53. The van der Waals surface area contributed by atoms with E-state index in [0.29, 0.717) is 18.4 Å². The second kappa shape index (κ2) is 5.62. The zero-order valence-electron chi connectivity index (χ0n) is 12.7. The number of carbonyl (C=O) groups excluding carboxylic acids is 2. The Labute approximate surface area is 133 Å². The lowest BCUT2D eigenvalue weighted by Gasteiger charge is -2.30. The molecule has 1 aromatic rings. The number of nitrogens with zero attached hydrogens (tertiary/aromatic N) is 2.